The molecule has 1 rings (SSSR count). The molecule has 0 aromatic heterocycles. The van der Waals surface area contributed by atoms with Gasteiger partial charge in [-0.3, -0.25) is 0 Å². The molecule has 0 bridgehead atoms. The second kappa shape index (κ2) is 8.00. The lowest BCUT2D eigenvalue weighted by atomic mass is 9.89. The summed E-state index contributed by atoms with van der Waals surface area (Å²) in [5, 5.41) is 22.0. The molecule has 1 aromatic carbocycles. The van der Waals surface area contributed by atoms with E-state index in [4.69, 9.17) is 9.84 Å². The molecule has 0 spiro atoms. The largest absolute Gasteiger partial charge is 0.491 e. The van der Waals surface area contributed by atoms with Gasteiger partial charge in [0, 0.05) is 13.1 Å². The fraction of sp³-hybridized carbons (Fsp3) is 0.562. The summed E-state index contributed by atoms with van der Waals surface area (Å²) in [6.07, 6.45) is 0.333. The number of carboxylic acids is 1. The third kappa shape index (κ3) is 7.11. The number of hydrogen-bond acceptors (Lipinski definition) is 4. The molecule has 0 radical (unpaired) electrons. The van der Waals surface area contributed by atoms with E-state index in [9.17, 15) is 9.90 Å². The van der Waals surface area contributed by atoms with Gasteiger partial charge >= 0.3 is 5.97 Å². The van der Waals surface area contributed by atoms with E-state index in [2.05, 4.69) is 26.1 Å². The van der Waals surface area contributed by atoms with Gasteiger partial charge < -0.3 is 20.3 Å². The smallest absolute Gasteiger partial charge is 0.339 e. The maximum atomic E-state index is 11.0. The van der Waals surface area contributed by atoms with E-state index in [-0.39, 0.29) is 11.0 Å². The van der Waals surface area contributed by atoms with E-state index < -0.39 is 12.1 Å². The summed E-state index contributed by atoms with van der Waals surface area (Å²) in [7, 11) is 0. The van der Waals surface area contributed by atoms with Crippen LogP contribution in [0.1, 0.15) is 37.6 Å². The van der Waals surface area contributed by atoms with Crippen molar-refractivity contribution in [2.45, 2.75) is 33.3 Å². The summed E-state index contributed by atoms with van der Waals surface area (Å²) in [6.45, 7) is 7.66. The predicted octanol–water partition coefficient (Wildman–Crippen LogP) is 2.15. The standard InChI is InChI=1S/C16H25NO4/c1-16(2,3)10-12(18)11-17-8-9-21-14-7-5-4-6-13(14)15(19)20/h4-7,12,17-18H,8-11H2,1-3H3,(H,19,20). The van der Waals surface area contributed by atoms with Crippen LogP contribution in [0.15, 0.2) is 24.3 Å². The van der Waals surface area contributed by atoms with Gasteiger partial charge in [0.15, 0.2) is 0 Å². The molecule has 5 nitrogen and oxygen atoms in total. The van der Waals surface area contributed by atoms with E-state index in [1.165, 1.54) is 6.07 Å². The van der Waals surface area contributed by atoms with Crippen molar-refractivity contribution in [2.75, 3.05) is 19.7 Å². The topological polar surface area (TPSA) is 78.8 Å². The molecular weight excluding hydrogens is 270 g/mol. The van der Waals surface area contributed by atoms with Gasteiger partial charge in [-0.25, -0.2) is 4.79 Å². The van der Waals surface area contributed by atoms with Crippen molar-refractivity contribution in [3.05, 3.63) is 29.8 Å². The van der Waals surface area contributed by atoms with E-state index in [0.717, 1.165) is 6.42 Å². The first kappa shape index (κ1) is 17.5. The van der Waals surface area contributed by atoms with E-state index in [0.29, 0.717) is 25.4 Å². The Morgan fingerprint density at radius 3 is 2.62 bits per heavy atom. The van der Waals surface area contributed by atoms with Crippen LogP contribution < -0.4 is 10.1 Å². The summed E-state index contributed by atoms with van der Waals surface area (Å²) in [6, 6.07) is 6.55. The first-order valence-corrected chi connectivity index (χ1v) is 7.13. The van der Waals surface area contributed by atoms with Gasteiger partial charge in [0.1, 0.15) is 17.9 Å². The number of carbonyl (C=O) groups is 1. The van der Waals surface area contributed by atoms with Crippen LogP contribution in [0.4, 0.5) is 0 Å². The molecule has 0 fully saturated rings. The van der Waals surface area contributed by atoms with Crippen molar-refractivity contribution in [3.8, 4) is 5.75 Å². The number of benzene rings is 1. The SMILES string of the molecule is CC(C)(C)CC(O)CNCCOc1ccccc1C(=O)O. The molecule has 1 aromatic rings. The van der Waals surface area contributed by atoms with Gasteiger partial charge in [0.25, 0.3) is 0 Å². The zero-order valence-corrected chi connectivity index (χ0v) is 12.9. The fourth-order valence-electron chi connectivity index (χ4n) is 2.05. The summed E-state index contributed by atoms with van der Waals surface area (Å²) >= 11 is 0. The molecule has 21 heavy (non-hydrogen) atoms. The van der Waals surface area contributed by atoms with Crippen molar-refractivity contribution < 1.29 is 19.7 Å². The van der Waals surface area contributed by atoms with Crippen LogP contribution in [-0.4, -0.2) is 42.0 Å². The molecule has 0 saturated heterocycles. The van der Waals surface area contributed by atoms with Crippen LogP contribution in [0.5, 0.6) is 5.75 Å². The maximum absolute atomic E-state index is 11.0. The number of aromatic carboxylic acids is 1. The van der Waals surface area contributed by atoms with Crippen molar-refractivity contribution in [1.29, 1.82) is 0 Å². The number of carboxylic acid groups (broad SMARTS) is 1. The monoisotopic (exact) mass is 295 g/mol. The molecule has 5 heteroatoms. The van der Waals surface area contributed by atoms with Gasteiger partial charge in [0.05, 0.1) is 6.10 Å². The minimum Gasteiger partial charge on any atom is -0.491 e. The number of aliphatic hydroxyl groups is 1. The van der Waals surface area contributed by atoms with E-state index >= 15 is 0 Å². The first-order chi connectivity index (χ1) is 9.79. The molecule has 0 aliphatic carbocycles. The summed E-state index contributed by atoms with van der Waals surface area (Å²) < 4.78 is 5.46. The lowest BCUT2D eigenvalue weighted by molar-refractivity contribution is 0.0692. The zero-order chi connectivity index (χ0) is 15.9. The molecule has 3 N–H and O–H groups in total. The molecule has 0 saturated carbocycles. The van der Waals surface area contributed by atoms with Crippen LogP contribution in [0, 0.1) is 5.41 Å². The first-order valence-electron chi connectivity index (χ1n) is 7.13. The van der Waals surface area contributed by atoms with Gasteiger partial charge in [-0.15, -0.1) is 0 Å². The second-order valence-electron chi connectivity index (χ2n) is 6.27. The summed E-state index contributed by atoms with van der Waals surface area (Å²) in [5.74, 6) is -0.638. The average Bonchev–Trinajstić information content (AvgIpc) is 2.36. The quantitative estimate of drug-likeness (QED) is 0.640. The van der Waals surface area contributed by atoms with E-state index in [1.807, 2.05) is 0 Å². The van der Waals surface area contributed by atoms with Crippen molar-refractivity contribution in [1.82, 2.24) is 5.32 Å². The Bertz CT molecular complexity index is 454. The van der Waals surface area contributed by atoms with Crippen LogP contribution in [0.3, 0.4) is 0 Å². The molecule has 0 amide bonds. The normalized spacial score (nSPS) is 13.0. The molecule has 1 unspecified atom stereocenters. The number of para-hydroxylation sites is 1. The Labute approximate surface area is 125 Å². The molecule has 0 aliphatic heterocycles. The highest BCUT2D eigenvalue weighted by Gasteiger charge is 2.16. The highest BCUT2D eigenvalue weighted by atomic mass is 16.5. The molecule has 1 atom stereocenters. The molecule has 0 heterocycles. The lowest BCUT2D eigenvalue weighted by Gasteiger charge is -2.22. The number of aliphatic hydroxyl groups excluding tert-OH is 1. The Hall–Kier alpha value is -1.59. The summed E-state index contributed by atoms with van der Waals surface area (Å²) in [5.41, 5.74) is 0.253. The fourth-order valence-corrected chi connectivity index (χ4v) is 2.05. The van der Waals surface area contributed by atoms with Gasteiger partial charge in [-0.05, 0) is 24.0 Å². The third-order valence-corrected chi connectivity index (χ3v) is 2.88. The van der Waals surface area contributed by atoms with Crippen molar-refractivity contribution >= 4 is 5.97 Å². The predicted molar refractivity (Wildman–Crippen MR) is 81.8 cm³/mol. The number of ether oxygens (including phenoxy) is 1. The van der Waals surface area contributed by atoms with Crippen LogP contribution >= 0.6 is 0 Å². The Morgan fingerprint density at radius 2 is 2.00 bits per heavy atom. The minimum atomic E-state index is -1.00. The highest BCUT2D eigenvalue weighted by Crippen LogP contribution is 2.20. The number of hydrogen-bond donors (Lipinski definition) is 3. The third-order valence-electron chi connectivity index (χ3n) is 2.88. The summed E-state index contributed by atoms with van der Waals surface area (Å²) in [4.78, 5) is 11.0. The number of rotatable bonds is 8. The highest BCUT2D eigenvalue weighted by molar-refractivity contribution is 5.90. The Morgan fingerprint density at radius 1 is 1.33 bits per heavy atom. The maximum Gasteiger partial charge on any atom is 0.339 e. The van der Waals surface area contributed by atoms with Gasteiger partial charge in [-0.2, -0.15) is 0 Å². The molecule has 0 aliphatic rings. The van der Waals surface area contributed by atoms with Crippen LogP contribution in [0.2, 0.25) is 0 Å². The van der Waals surface area contributed by atoms with E-state index in [1.54, 1.807) is 18.2 Å². The van der Waals surface area contributed by atoms with Gasteiger partial charge in [0.2, 0.25) is 0 Å². The van der Waals surface area contributed by atoms with Crippen LogP contribution in [0.25, 0.3) is 0 Å². The minimum absolute atomic E-state index is 0.0953. The zero-order valence-electron chi connectivity index (χ0n) is 12.9. The number of nitrogens with one attached hydrogen (secondary N) is 1. The Balaban J connectivity index is 2.28. The van der Waals surface area contributed by atoms with Gasteiger partial charge in [-0.1, -0.05) is 32.9 Å². The van der Waals surface area contributed by atoms with Crippen molar-refractivity contribution in [2.24, 2.45) is 5.41 Å². The van der Waals surface area contributed by atoms with Crippen LogP contribution in [-0.2, 0) is 0 Å². The van der Waals surface area contributed by atoms with Crippen molar-refractivity contribution in [3.63, 3.8) is 0 Å². The average molecular weight is 295 g/mol. The molecular formula is C16H25NO4. The lowest BCUT2D eigenvalue weighted by Crippen LogP contribution is -2.32. The molecule has 118 valence electrons. The Kier molecular flexibility index (Phi) is 6.65. The second-order valence-corrected chi connectivity index (χ2v) is 6.27.